The summed E-state index contributed by atoms with van der Waals surface area (Å²) < 4.78 is 0. The van der Waals surface area contributed by atoms with Crippen LogP contribution in [0.5, 0.6) is 0 Å². The molecule has 0 atom stereocenters. The summed E-state index contributed by atoms with van der Waals surface area (Å²) in [5.74, 6) is 0. The Morgan fingerprint density at radius 3 is 2.82 bits per heavy atom. The molecule has 1 aliphatic heterocycles. The van der Waals surface area contributed by atoms with Crippen LogP contribution in [0.2, 0.25) is 0 Å². The van der Waals surface area contributed by atoms with Gasteiger partial charge in [0.1, 0.15) is 0 Å². The highest BCUT2D eigenvalue weighted by Gasteiger charge is 2.21. The number of aromatic amines is 1. The minimum Gasteiger partial charge on any atom is -0.367 e. The van der Waals surface area contributed by atoms with Crippen molar-refractivity contribution in [1.29, 1.82) is 0 Å². The molecule has 4 heteroatoms. The van der Waals surface area contributed by atoms with E-state index < -0.39 is 0 Å². The zero-order valence-electron chi connectivity index (χ0n) is 10.7. The zero-order chi connectivity index (χ0) is 12.1. The third kappa shape index (κ3) is 3.56. The monoisotopic (exact) mass is 236 g/mol. The standard InChI is InChI=1S/C13H24N4/c1-16(11-12-2-6-15-10-12)13-3-7-17(8-4-13)9-5-14/h2,6,10,13,15H,3-5,7-9,11,14H2,1H3. The van der Waals surface area contributed by atoms with Gasteiger partial charge in [0.15, 0.2) is 0 Å². The van der Waals surface area contributed by atoms with Gasteiger partial charge in [-0.3, -0.25) is 4.90 Å². The van der Waals surface area contributed by atoms with E-state index in [-0.39, 0.29) is 0 Å². The van der Waals surface area contributed by atoms with Gasteiger partial charge in [0, 0.05) is 38.1 Å². The Morgan fingerprint density at radius 2 is 2.24 bits per heavy atom. The van der Waals surface area contributed by atoms with Gasteiger partial charge in [-0.25, -0.2) is 0 Å². The fourth-order valence-corrected chi connectivity index (χ4v) is 2.64. The van der Waals surface area contributed by atoms with Crippen molar-refractivity contribution in [3.05, 3.63) is 24.0 Å². The van der Waals surface area contributed by atoms with Gasteiger partial charge in [-0.05, 0) is 44.6 Å². The first-order valence-electron chi connectivity index (χ1n) is 6.54. The van der Waals surface area contributed by atoms with E-state index in [0.29, 0.717) is 0 Å². The average molecular weight is 236 g/mol. The second-order valence-corrected chi connectivity index (χ2v) is 5.00. The summed E-state index contributed by atoms with van der Waals surface area (Å²) in [7, 11) is 2.23. The van der Waals surface area contributed by atoms with E-state index in [2.05, 4.69) is 34.1 Å². The first kappa shape index (κ1) is 12.6. The lowest BCUT2D eigenvalue weighted by atomic mass is 10.0. The lowest BCUT2D eigenvalue weighted by Crippen LogP contribution is -2.44. The number of aromatic nitrogens is 1. The van der Waals surface area contributed by atoms with Crippen molar-refractivity contribution in [3.63, 3.8) is 0 Å². The maximum Gasteiger partial charge on any atom is 0.0248 e. The van der Waals surface area contributed by atoms with Crippen molar-refractivity contribution in [2.75, 3.05) is 33.2 Å². The smallest absolute Gasteiger partial charge is 0.0248 e. The number of H-pyrrole nitrogens is 1. The van der Waals surface area contributed by atoms with Crippen LogP contribution in [0.25, 0.3) is 0 Å². The number of nitrogens with zero attached hydrogens (tertiary/aromatic N) is 2. The highest BCUT2D eigenvalue weighted by atomic mass is 15.2. The molecule has 0 unspecified atom stereocenters. The minimum atomic E-state index is 0.721. The number of piperidine rings is 1. The van der Waals surface area contributed by atoms with E-state index in [9.17, 15) is 0 Å². The molecule has 0 radical (unpaired) electrons. The van der Waals surface area contributed by atoms with Crippen molar-refractivity contribution in [3.8, 4) is 0 Å². The molecule has 1 fully saturated rings. The van der Waals surface area contributed by atoms with Crippen LogP contribution in [0.4, 0.5) is 0 Å². The second-order valence-electron chi connectivity index (χ2n) is 5.00. The summed E-state index contributed by atoms with van der Waals surface area (Å²) in [5.41, 5.74) is 6.96. The number of rotatable bonds is 5. The summed E-state index contributed by atoms with van der Waals surface area (Å²) in [5, 5.41) is 0. The van der Waals surface area contributed by atoms with Gasteiger partial charge < -0.3 is 15.6 Å². The molecule has 3 N–H and O–H groups in total. The molecule has 1 aliphatic rings. The molecular weight excluding hydrogens is 212 g/mol. The van der Waals surface area contributed by atoms with E-state index in [4.69, 9.17) is 5.73 Å². The predicted molar refractivity (Wildman–Crippen MR) is 70.8 cm³/mol. The molecule has 0 amide bonds. The van der Waals surface area contributed by atoms with Crippen LogP contribution < -0.4 is 5.73 Å². The Kier molecular flexibility index (Phi) is 4.59. The van der Waals surface area contributed by atoms with E-state index in [1.54, 1.807) is 0 Å². The lowest BCUT2D eigenvalue weighted by Gasteiger charge is -2.36. The number of nitrogens with two attached hydrogens (primary N) is 1. The van der Waals surface area contributed by atoms with Crippen molar-refractivity contribution >= 4 is 0 Å². The van der Waals surface area contributed by atoms with Crippen LogP contribution >= 0.6 is 0 Å². The van der Waals surface area contributed by atoms with E-state index in [0.717, 1.165) is 25.7 Å². The second kappa shape index (κ2) is 6.19. The quantitative estimate of drug-likeness (QED) is 0.797. The Bertz CT molecular complexity index is 301. The van der Waals surface area contributed by atoms with Crippen molar-refractivity contribution in [2.24, 2.45) is 5.73 Å². The normalized spacial score (nSPS) is 19.0. The fourth-order valence-electron chi connectivity index (χ4n) is 2.64. The van der Waals surface area contributed by atoms with Gasteiger partial charge in [-0.15, -0.1) is 0 Å². The number of hydrogen-bond acceptors (Lipinski definition) is 3. The van der Waals surface area contributed by atoms with Crippen LogP contribution in [-0.2, 0) is 6.54 Å². The van der Waals surface area contributed by atoms with Crippen LogP contribution in [0.1, 0.15) is 18.4 Å². The minimum absolute atomic E-state index is 0.721. The topological polar surface area (TPSA) is 48.3 Å². The summed E-state index contributed by atoms with van der Waals surface area (Å²) in [6.45, 7) is 5.27. The molecule has 0 bridgehead atoms. The van der Waals surface area contributed by atoms with Crippen molar-refractivity contribution < 1.29 is 0 Å². The predicted octanol–water partition coefficient (Wildman–Crippen LogP) is 0.870. The molecule has 1 aromatic rings. The third-order valence-electron chi connectivity index (χ3n) is 3.72. The molecule has 1 aromatic heterocycles. The van der Waals surface area contributed by atoms with Gasteiger partial charge in [-0.2, -0.15) is 0 Å². The molecule has 96 valence electrons. The highest BCUT2D eigenvalue weighted by molar-refractivity contribution is 5.08. The molecule has 2 heterocycles. The molecule has 0 aromatic carbocycles. The fraction of sp³-hybridized carbons (Fsp3) is 0.692. The molecular formula is C13H24N4. The van der Waals surface area contributed by atoms with Gasteiger partial charge in [0.2, 0.25) is 0 Å². The number of nitrogens with one attached hydrogen (secondary N) is 1. The van der Waals surface area contributed by atoms with E-state index >= 15 is 0 Å². The SMILES string of the molecule is CN(Cc1cc[nH]c1)C1CCN(CCN)CC1. The van der Waals surface area contributed by atoms with Crippen LogP contribution in [-0.4, -0.2) is 54.1 Å². The van der Waals surface area contributed by atoms with Crippen molar-refractivity contribution in [2.45, 2.75) is 25.4 Å². The summed E-state index contributed by atoms with van der Waals surface area (Å²) >= 11 is 0. The van der Waals surface area contributed by atoms with Crippen LogP contribution in [0.3, 0.4) is 0 Å². The number of hydrogen-bond donors (Lipinski definition) is 2. The first-order valence-corrected chi connectivity index (χ1v) is 6.54. The summed E-state index contributed by atoms with van der Waals surface area (Å²) in [6, 6.07) is 2.87. The molecule has 0 aliphatic carbocycles. The Hall–Kier alpha value is -0.840. The molecule has 1 saturated heterocycles. The van der Waals surface area contributed by atoms with Gasteiger partial charge >= 0.3 is 0 Å². The van der Waals surface area contributed by atoms with Crippen molar-refractivity contribution in [1.82, 2.24) is 14.8 Å². The molecule has 4 nitrogen and oxygen atoms in total. The highest BCUT2D eigenvalue weighted by Crippen LogP contribution is 2.16. The summed E-state index contributed by atoms with van der Waals surface area (Å²) in [4.78, 5) is 8.06. The third-order valence-corrected chi connectivity index (χ3v) is 3.72. The Balaban J connectivity index is 1.76. The van der Waals surface area contributed by atoms with Crippen LogP contribution in [0.15, 0.2) is 18.5 Å². The largest absolute Gasteiger partial charge is 0.367 e. The van der Waals surface area contributed by atoms with Crippen LogP contribution in [0, 0.1) is 0 Å². The zero-order valence-corrected chi connectivity index (χ0v) is 10.7. The molecule has 0 spiro atoms. The van der Waals surface area contributed by atoms with Gasteiger partial charge in [-0.1, -0.05) is 0 Å². The molecule has 0 saturated carbocycles. The average Bonchev–Trinajstić information content (AvgIpc) is 2.83. The molecule has 2 rings (SSSR count). The molecule has 17 heavy (non-hydrogen) atoms. The summed E-state index contributed by atoms with van der Waals surface area (Å²) in [6.07, 6.45) is 6.61. The van der Waals surface area contributed by atoms with E-state index in [1.807, 2.05) is 6.20 Å². The Morgan fingerprint density at radius 1 is 1.47 bits per heavy atom. The number of likely N-dealkylation sites (tertiary alicyclic amines) is 1. The lowest BCUT2D eigenvalue weighted by molar-refractivity contribution is 0.125. The van der Waals surface area contributed by atoms with Gasteiger partial charge in [0.05, 0.1) is 0 Å². The maximum atomic E-state index is 5.59. The van der Waals surface area contributed by atoms with E-state index in [1.165, 1.54) is 31.5 Å². The Labute approximate surface area is 104 Å². The first-order chi connectivity index (χ1) is 8.29. The maximum absolute atomic E-state index is 5.59. The van der Waals surface area contributed by atoms with Gasteiger partial charge in [0.25, 0.3) is 0 Å².